The van der Waals surface area contributed by atoms with Gasteiger partial charge in [-0.2, -0.15) is 26.3 Å². The standard InChI is InChI=1S/C15H17F6NO2/c1-3-4-10-24-12(23)22(11-8-6-5-7-9-11)13(2,14(16,17)18)15(19,20)21/h5-9H,3-4,10H2,1-2H3. The molecule has 3 nitrogen and oxygen atoms in total. The molecule has 0 atom stereocenters. The van der Waals surface area contributed by atoms with E-state index in [2.05, 4.69) is 4.74 Å². The summed E-state index contributed by atoms with van der Waals surface area (Å²) in [6.07, 6.45) is -12.3. The highest BCUT2D eigenvalue weighted by molar-refractivity contribution is 5.89. The predicted molar refractivity (Wildman–Crippen MR) is 75.7 cm³/mol. The number of carbonyl (C=O) groups excluding carboxylic acids is 1. The van der Waals surface area contributed by atoms with Crippen LogP contribution in [0.25, 0.3) is 0 Å². The summed E-state index contributed by atoms with van der Waals surface area (Å²) in [6, 6.07) is 5.83. The molecule has 0 aliphatic rings. The molecule has 0 bridgehead atoms. The number of carbonyl (C=O) groups is 1. The van der Waals surface area contributed by atoms with Crippen LogP contribution in [0.4, 0.5) is 36.8 Å². The highest BCUT2D eigenvalue weighted by Crippen LogP contribution is 2.48. The van der Waals surface area contributed by atoms with Crippen LogP contribution in [0.2, 0.25) is 0 Å². The molecule has 0 saturated carbocycles. The average Bonchev–Trinajstić information content (AvgIpc) is 2.46. The topological polar surface area (TPSA) is 29.5 Å². The molecule has 0 unspecified atom stereocenters. The summed E-state index contributed by atoms with van der Waals surface area (Å²) in [7, 11) is 0. The van der Waals surface area contributed by atoms with Gasteiger partial charge in [-0.3, -0.25) is 4.90 Å². The molecule has 1 aromatic carbocycles. The molecule has 1 amide bonds. The number of amides is 1. The highest BCUT2D eigenvalue weighted by Gasteiger charge is 2.72. The first-order chi connectivity index (χ1) is 11.0. The first-order valence-corrected chi connectivity index (χ1v) is 7.12. The number of benzene rings is 1. The number of nitrogens with zero attached hydrogens (tertiary/aromatic N) is 1. The molecular formula is C15H17F6NO2. The number of halogens is 6. The van der Waals surface area contributed by atoms with Gasteiger partial charge in [-0.25, -0.2) is 4.79 Å². The molecule has 0 aliphatic heterocycles. The zero-order valence-electron chi connectivity index (χ0n) is 13.0. The van der Waals surface area contributed by atoms with Crippen molar-refractivity contribution in [3.05, 3.63) is 30.3 Å². The molecule has 0 aromatic heterocycles. The van der Waals surface area contributed by atoms with Gasteiger partial charge in [0.2, 0.25) is 5.54 Å². The van der Waals surface area contributed by atoms with E-state index in [0.29, 0.717) is 12.8 Å². The van der Waals surface area contributed by atoms with Crippen LogP contribution in [-0.2, 0) is 4.74 Å². The molecule has 24 heavy (non-hydrogen) atoms. The molecule has 0 saturated heterocycles. The van der Waals surface area contributed by atoms with E-state index in [1.165, 1.54) is 18.2 Å². The fraction of sp³-hybridized carbons (Fsp3) is 0.533. The Hall–Kier alpha value is -1.93. The van der Waals surface area contributed by atoms with Crippen molar-refractivity contribution in [2.45, 2.75) is 44.6 Å². The van der Waals surface area contributed by atoms with Crippen LogP contribution in [0.1, 0.15) is 26.7 Å². The van der Waals surface area contributed by atoms with E-state index in [1.54, 1.807) is 6.92 Å². The van der Waals surface area contributed by atoms with Crippen LogP contribution in [-0.4, -0.2) is 30.6 Å². The van der Waals surface area contributed by atoms with E-state index in [0.717, 1.165) is 12.1 Å². The van der Waals surface area contributed by atoms with Crippen molar-refractivity contribution in [3.8, 4) is 0 Å². The van der Waals surface area contributed by atoms with E-state index in [4.69, 9.17) is 0 Å². The van der Waals surface area contributed by atoms with Crippen LogP contribution in [0.15, 0.2) is 30.3 Å². The lowest BCUT2D eigenvalue weighted by molar-refractivity contribution is -0.289. The second kappa shape index (κ2) is 7.31. The summed E-state index contributed by atoms with van der Waals surface area (Å²) in [5.74, 6) is 0. The van der Waals surface area contributed by atoms with Gasteiger partial charge in [0.05, 0.1) is 6.61 Å². The third-order valence-corrected chi connectivity index (χ3v) is 3.47. The summed E-state index contributed by atoms with van der Waals surface area (Å²) in [5.41, 5.74) is -4.99. The fourth-order valence-electron chi connectivity index (χ4n) is 1.91. The third-order valence-electron chi connectivity index (χ3n) is 3.47. The smallest absolute Gasteiger partial charge is 0.420 e. The van der Waals surface area contributed by atoms with Crippen molar-refractivity contribution in [1.82, 2.24) is 0 Å². The second-order valence-electron chi connectivity index (χ2n) is 5.21. The van der Waals surface area contributed by atoms with E-state index in [-0.39, 0.29) is 18.4 Å². The number of hydrogen-bond donors (Lipinski definition) is 0. The van der Waals surface area contributed by atoms with Crippen molar-refractivity contribution in [2.24, 2.45) is 0 Å². The molecule has 136 valence electrons. The number of alkyl halides is 6. The Balaban J connectivity index is 3.42. The summed E-state index contributed by atoms with van der Waals surface area (Å²) < 4.78 is 84.5. The molecule has 0 heterocycles. The lowest BCUT2D eigenvalue weighted by atomic mass is 9.97. The number of anilines is 1. The monoisotopic (exact) mass is 357 g/mol. The molecule has 9 heteroatoms. The normalized spacial score (nSPS) is 12.8. The number of rotatable bonds is 5. The van der Waals surface area contributed by atoms with Gasteiger partial charge in [0, 0.05) is 5.69 Å². The molecule has 0 aliphatic carbocycles. The summed E-state index contributed by atoms with van der Waals surface area (Å²) in [5, 5.41) is 0. The SMILES string of the molecule is CCCCOC(=O)N(c1ccccc1)C(C)(C(F)(F)F)C(F)(F)F. The second-order valence-corrected chi connectivity index (χ2v) is 5.21. The molecule has 1 aromatic rings. The van der Waals surface area contributed by atoms with Crippen molar-refractivity contribution < 1.29 is 35.9 Å². The maximum atomic E-state index is 13.3. The van der Waals surface area contributed by atoms with Crippen LogP contribution in [0.3, 0.4) is 0 Å². The van der Waals surface area contributed by atoms with Gasteiger partial charge >= 0.3 is 18.4 Å². The molecule has 0 radical (unpaired) electrons. The van der Waals surface area contributed by atoms with Crippen molar-refractivity contribution in [2.75, 3.05) is 11.5 Å². The first-order valence-electron chi connectivity index (χ1n) is 7.12. The molecular weight excluding hydrogens is 340 g/mol. The van der Waals surface area contributed by atoms with Crippen molar-refractivity contribution in [1.29, 1.82) is 0 Å². The van der Waals surface area contributed by atoms with Gasteiger partial charge in [0.15, 0.2) is 0 Å². The third kappa shape index (κ3) is 3.93. The Labute approximate surface area is 135 Å². The minimum absolute atomic E-state index is 0.0823. The largest absolute Gasteiger partial charge is 0.449 e. The lowest BCUT2D eigenvalue weighted by Gasteiger charge is -2.42. The maximum absolute atomic E-state index is 13.3. The quantitative estimate of drug-likeness (QED) is 0.528. The average molecular weight is 357 g/mol. The molecule has 0 fully saturated rings. The number of ether oxygens (including phenoxy) is 1. The maximum Gasteiger partial charge on any atom is 0.420 e. The Bertz CT molecular complexity index is 527. The van der Waals surface area contributed by atoms with E-state index >= 15 is 0 Å². The summed E-state index contributed by atoms with van der Waals surface area (Å²) in [6.45, 7) is 1.38. The zero-order chi connectivity index (χ0) is 18.6. The van der Waals surface area contributed by atoms with Crippen LogP contribution >= 0.6 is 0 Å². The Morgan fingerprint density at radius 1 is 1.04 bits per heavy atom. The Kier molecular flexibility index (Phi) is 6.13. The van der Waals surface area contributed by atoms with E-state index < -0.39 is 29.7 Å². The van der Waals surface area contributed by atoms with Gasteiger partial charge in [0.1, 0.15) is 0 Å². The number of hydrogen-bond acceptors (Lipinski definition) is 2. The summed E-state index contributed by atoms with van der Waals surface area (Å²) in [4.78, 5) is 11.7. The van der Waals surface area contributed by atoms with Crippen molar-refractivity contribution >= 4 is 11.8 Å². The predicted octanol–water partition coefficient (Wildman–Crippen LogP) is 5.31. The van der Waals surface area contributed by atoms with Gasteiger partial charge in [0.25, 0.3) is 0 Å². The van der Waals surface area contributed by atoms with E-state index in [9.17, 15) is 31.1 Å². The molecule has 1 rings (SSSR count). The van der Waals surface area contributed by atoms with Gasteiger partial charge in [-0.15, -0.1) is 0 Å². The van der Waals surface area contributed by atoms with Crippen LogP contribution in [0.5, 0.6) is 0 Å². The van der Waals surface area contributed by atoms with Gasteiger partial charge < -0.3 is 4.74 Å². The minimum Gasteiger partial charge on any atom is -0.449 e. The highest BCUT2D eigenvalue weighted by atomic mass is 19.4. The number of para-hydroxylation sites is 1. The Morgan fingerprint density at radius 3 is 1.96 bits per heavy atom. The Morgan fingerprint density at radius 2 is 1.54 bits per heavy atom. The lowest BCUT2D eigenvalue weighted by Crippen LogP contribution is -2.67. The summed E-state index contributed by atoms with van der Waals surface area (Å²) >= 11 is 0. The molecule has 0 N–H and O–H groups in total. The fourth-order valence-corrected chi connectivity index (χ4v) is 1.91. The van der Waals surface area contributed by atoms with Gasteiger partial charge in [-0.1, -0.05) is 31.5 Å². The first kappa shape index (κ1) is 20.1. The van der Waals surface area contributed by atoms with Crippen molar-refractivity contribution in [3.63, 3.8) is 0 Å². The molecule has 0 spiro atoms. The van der Waals surface area contributed by atoms with Gasteiger partial charge in [-0.05, 0) is 25.5 Å². The van der Waals surface area contributed by atoms with Crippen LogP contribution < -0.4 is 4.90 Å². The minimum atomic E-state index is -5.76. The number of unbranched alkanes of at least 4 members (excludes halogenated alkanes) is 1. The van der Waals surface area contributed by atoms with Crippen LogP contribution in [0, 0.1) is 0 Å². The zero-order valence-corrected chi connectivity index (χ0v) is 13.0. The van der Waals surface area contributed by atoms with E-state index in [1.807, 2.05) is 0 Å².